The van der Waals surface area contributed by atoms with Crippen molar-refractivity contribution in [3.05, 3.63) is 89.8 Å². The summed E-state index contributed by atoms with van der Waals surface area (Å²) in [6.45, 7) is 1.35. The smallest absolute Gasteiger partial charge is 0.261 e. The Morgan fingerprint density at radius 3 is 2.48 bits per heavy atom. The van der Waals surface area contributed by atoms with Crippen molar-refractivity contribution in [2.24, 2.45) is 0 Å². The number of benzene rings is 2. The summed E-state index contributed by atoms with van der Waals surface area (Å²) in [5, 5.41) is 8.31. The van der Waals surface area contributed by atoms with Gasteiger partial charge >= 0.3 is 0 Å². The number of hydrogen-bond acceptors (Lipinski definition) is 6. The Bertz CT molecular complexity index is 1160. The van der Waals surface area contributed by atoms with Gasteiger partial charge in [0.15, 0.2) is 0 Å². The summed E-state index contributed by atoms with van der Waals surface area (Å²) in [4.78, 5) is 31.0. The van der Waals surface area contributed by atoms with Gasteiger partial charge in [-0.25, -0.2) is 0 Å². The molecule has 0 fully saturated rings. The van der Waals surface area contributed by atoms with E-state index in [0.29, 0.717) is 16.8 Å². The number of rotatable bonds is 6. The second kappa shape index (κ2) is 9.86. The van der Waals surface area contributed by atoms with E-state index in [1.807, 2.05) is 36.4 Å². The van der Waals surface area contributed by atoms with Crippen LogP contribution in [0.2, 0.25) is 0 Å². The molecular formula is C24H22N4O2S. The molecule has 31 heavy (non-hydrogen) atoms. The monoisotopic (exact) mass is 430 g/mol. The highest BCUT2D eigenvalue weighted by Gasteiger charge is 2.19. The van der Waals surface area contributed by atoms with Crippen molar-refractivity contribution in [1.29, 1.82) is 5.41 Å². The van der Waals surface area contributed by atoms with Crippen LogP contribution < -0.4 is 5.73 Å². The van der Waals surface area contributed by atoms with E-state index in [4.69, 9.17) is 11.1 Å². The first-order valence-corrected chi connectivity index (χ1v) is 10.3. The molecule has 2 amide bonds. The lowest BCUT2D eigenvalue weighted by molar-refractivity contribution is -0.125. The molecule has 0 bridgehead atoms. The normalized spacial score (nSPS) is 10.8. The Labute approximate surface area is 185 Å². The molecule has 1 aromatic heterocycles. The number of nitrogens with one attached hydrogen (secondary N) is 1. The lowest BCUT2D eigenvalue weighted by atomic mass is 10.1. The lowest BCUT2D eigenvalue weighted by Crippen LogP contribution is -2.31. The zero-order valence-corrected chi connectivity index (χ0v) is 18.0. The Hall–Kier alpha value is -3.71. The van der Waals surface area contributed by atoms with E-state index in [2.05, 4.69) is 4.98 Å². The molecule has 0 spiro atoms. The predicted octanol–water partition coefficient (Wildman–Crippen LogP) is 4.51. The number of allylic oxidation sites excluding steroid dienone is 1. The third-order valence-electron chi connectivity index (χ3n) is 4.54. The minimum atomic E-state index is -0.360. The number of hydrogen-bond donors (Lipinski definition) is 2. The van der Waals surface area contributed by atoms with Crippen molar-refractivity contribution >= 4 is 41.1 Å². The molecule has 3 aromatic rings. The Morgan fingerprint density at radius 2 is 1.81 bits per heavy atom. The standard InChI is InChI=1S/C24H22N4O2S/c1-16(29)28(2)24(30)20-8-3-4-9-23(20)31-18-11-12-19(22(26)15-18)21(25)13-10-17-7-5-6-14-27-17/h3-15,25H,26H2,1-2H3/b13-10+,25-21?. The van der Waals surface area contributed by atoms with Crippen LogP contribution in [0, 0.1) is 5.41 Å². The van der Waals surface area contributed by atoms with E-state index < -0.39 is 0 Å². The Balaban J connectivity index is 1.80. The summed E-state index contributed by atoms with van der Waals surface area (Å²) in [6.07, 6.45) is 5.12. The van der Waals surface area contributed by atoms with Crippen LogP contribution in [-0.2, 0) is 4.79 Å². The van der Waals surface area contributed by atoms with Crippen molar-refractivity contribution in [2.75, 3.05) is 12.8 Å². The van der Waals surface area contributed by atoms with Crippen LogP contribution in [0.5, 0.6) is 0 Å². The summed E-state index contributed by atoms with van der Waals surface area (Å²) < 4.78 is 0. The van der Waals surface area contributed by atoms with E-state index >= 15 is 0 Å². The number of nitrogens with zero attached hydrogens (tertiary/aromatic N) is 2. The van der Waals surface area contributed by atoms with Crippen molar-refractivity contribution in [3.8, 4) is 0 Å². The number of nitrogens with two attached hydrogens (primary N) is 1. The van der Waals surface area contributed by atoms with Gasteiger partial charge < -0.3 is 11.1 Å². The van der Waals surface area contributed by atoms with E-state index in [1.165, 1.54) is 25.7 Å². The first-order chi connectivity index (χ1) is 14.9. The Morgan fingerprint density at radius 1 is 1.06 bits per heavy atom. The average molecular weight is 431 g/mol. The molecule has 0 unspecified atom stereocenters. The number of carbonyl (C=O) groups is 2. The molecule has 1 heterocycles. The SMILES string of the molecule is CC(=O)N(C)C(=O)c1ccccc1Sc1ccc(C(=N)/C=C/c2ccccn2)c(N)c1. The van der Waals surface area contributed by atoms with Gasteiger partial charge in [-0.05, 0) is 54.6 Å². The molecule has 0 saturated carbocycles. The van der Waals surface area contributed by atoms with Crippen LogP contribution >= 0.6 is 11.8 Å². The number of anilines is 1. The number of nitrogen functional groups attached to an aromatic ring is 1. The molecule has 0 aliphatic heterocycles. The maximum atomic E-state index is 12.6. The van der Waals surface area contributed by atoms with Gasteiger partial charge in [-0.15, -0.1) is 0 Å². The molecule has 0 saturated heterocycles. The fraction of sp³-hybridized carbons (Fsp3) is 0.0833. The maximum Gasteiger partial charge on any atom is 0.261 e. The number of carbonyl (C=O) groups excluding carboxylic acids is 2. The second-order valence-electron chi connectivity index (χ2n) is 6.73. The molecule has 2 aromatic carbocycles. The Kier molecular flexibility index (Phi) is 6.99. The van der Waals surface area contributed by atoms with Crippen LogP contribution in [0.4, 0.5) is 5.69 Å². The zero-order chi connectivity index (χ0) is 22.4. The third-order valence-corrected chi connectivity index (χ3v) is 5.61. The number of imide groups is 1. The van der Waals surface area contributed by atoms with Gasteiger partial charge in [0, 0.05) is 41.2 Å². The van der Waals surface area contributed by atoms with Crippen molar-refractivity contribution in [2.45, 2.75) is 16.7 Å². The summed E-state index contributed by atoms with van der Waals surface area (Å²) in [5.41, 5.74) is 8.76. The van der Waals surface area contributed by atoms with Gasteiger partial charge in [-0.3, -0.25) is 19.5 Å². The number of aromatic nitrogens is 1. The van der Waals surface area contributed by atoms with Crippen molar-refractivity contribution in [1.82, 2.24) is 9.88 Å². The topological polar surface area (TPSA) is 100 Å². The first-order valence-electron chi connectivity index (χ1n) is 9.50. The van der Waals surface area contributed by atoms with Gasteiger partial charge in [0.1, 0.15) is 0 Å². The van der Waals surface area contributed by atoms with Crippen molar-refractivity contribution in [3.63, 3.8) is 0 Å². The summed E-state index contributed by atoms with van der Waals surface area (Å²) in [7, 11) is 1.46. The van der Waals surface area contributed by atoms with Gasteiger partial charge in [-0.1, -0.05) is 30.0 Å². The molecule has 0 radical (unpaired) electrons. The molecule has 7 heteroatoms. The fourth-order valence-corrected chi connectivity index (χ4v) is 3.75. The van der Waals surface area contributed by atoms with Crippen molar-refractivity contribution < 1.29 is 9.59 Å². The third kappa shape index (κ3) is 5.46. The molecule has 3 rings (SSSR count). The van der Waals surface area contributed by atoms with Crippen LogP contribution in [0.1, 0.15) is 28.5 Å². The molecule has 156 valence electrons. The summed E-state index contributed by atoms with van der Waals surface area (Å²) in [5.74, 6) is -0.683. The molecule has 0 atom stereocenters. The molecular weight excluding hydrogens is 408 g/mol. The largest absolute Gasteiger partial charge is 0.398 e. The highest BCUT2D eigenvalue weighted by atomic mass is 32.2. The van der Waals surface area contributed by atoms with Gasteiger partial charge in [0.05, 0.1) is 17.0 Å². The fourth-order valence-electron chi connectivity index (χ4n) is 2.77. The highest BCUT2D eigenvalue weighted by Crippen LogP contribution is 2.33. The van der Waals surface area contributed by atoms with E-state index in [0.717, 1.165) is 20.4 Å². The van der Waals surface area contributed by atoms with Gasteiger partial charge in [-0.2, -0.15) is 0 Å². The molecule has 6 nitrogen and oxygen atoms in total. The zero-order valence-electron chi connectivity index (χ0n) is 17.2. The van der Waals surface area contributed by atoms with Crippen LogP contribution in [0.3, 0.4) is 0 Å². The quantitative estimate of drug-likeness (QED) is 0.442. The van der Waals surface area contributed by atoms with Gasteiger partial charge in [0.2, 0.25) is 5.91 Å². The molecule has 3 N–H and O–H groups in total. The van der Waals surface area contributed by atoms with E-state index in [-0.39, 0.29) is 17.5 Å². The first kappa shape index (κ1) is 22.0. The summed E-state index contributed by atoms with van der Waals surface area (Å²) >= 11 is 1.38. The molecule has 0 aliphatic rings. The van der Waals surface area contributed by atoms with E-state index in [9.17, 15) is 9.59 Å². The highest BCUT2D eigenvalue weighted by molar-refractivity contribution is 7.99. The average Bonchev–Trinajstić information content (AvgIpc) is 2.77. The minimum Gasteiger partial charge on any atom is -0.398 e. The number of pyridine rings is 1. The van der Waals surface area contributed by atoms with Crippen LogP contribution in [0.15, 0.2) is 82.7 Å². The van der Waals surface area contributed by atoms with Crippen LogP contribution in [0.25, 0.3) is 6.08 Å². The number of amides is 2. The van der Waals surface area contributed by atoms with Crippen LogP contribution in [-0.4, -0.2) is 34.5 Å². The maximum absolute atomic E-state index is 12.6. The predicted molar refractivity (Wildman–Crippen MR) is 124 cm³/mol. The van der Waals surface area contributed by atoms with E-state index in [1.54, 1.807) is 42.6 Å². The van der Waals surface area contributed by atoms with Gasteiger partial charge in [0.25, 0.3) is 5.91 Å². The molecule has 0 aliphatic carbocycles. The lowest BCUT2D eigenvalue weighted by Gasteiger charge is -2.15. The minimum absolute atomic E-state index is 0.276. The summed E-state index contributed by atoms with van der Waals surface area (Å²) in [6, 6.07) is 18.1. The second-order valence-corrected chi connectivity index (χ2v) is 7.85.